The van der Waals surface area contributed by atoms with E-state index >= 15 is 0 Å². The summed E-state index contributed by atoms with van der Waals surface area (Å²) in [7, 11) is -5.77. The van der Waals surface area contributed by atoms with E-state index in [1.165, 1.54) is 24.0 Å². The van der Waals surface area contributed by atoms with Crippen LogP contribution in [-0.4, -0.2) is 92.4 Å². The van der Waals surface area contributed by atoms with Crippen molar-refractivity contribution in [2.45, 2.75) is 70.7 Å². The molecule has 3 saturated heterocycles. The number of halogens is 2. The zero-order valence-electron chi connectivity index (χ0n) is 25.0. The maximum atomic E-state index is 14.3. The summed E-state index contributed by atoms with van der Waals surface area (Å²) >= 11 is 0.997. The lowest BCUT2D eigenvalue weighted by atomic mass is 9.85. The standard InChI is InChI=1S/C29H37F2N4O7PS/c1-16(36)34-11-9-17-14-33(15-21(17)34)26(38)20-6-5-10-35(20)27(39)24(28(2,3)4)32-25(37)23-13-18-12-19(7-8-22(18)44-23)29(30,31)43(40,41)42/h7-8,12-13,17,20-21,24H,5-6,9-11,14-15H2,1-4H3,(H,32,37)(H2,40,41,42)/t17-,20+,21+,24?/m1/s1. The molecular weight excluding hydrogens is 617 g/mol. The summed E-state index contributed by atoms with van der Waals surface area (Å²) in [6.45, 7) is 8.94. The van der Waals surface area contributed by atoms with Crippen molar-refractivity contribution < 1.29 is 42.3 Å². The predicted octanol–water partition coefficient (Wildman–Crippen LogP) is 3.34. The first-order valence-corrected chi connectivity index (χ1v) is 17.0. The zero-order valence-corrected chi connectivity index (χ0v) is 26.7. The number of hydrogen-bond acceptors (Lipinski definition) is 6. The minimum Gasteiger partial charge on any atom is -0.339 e. The number of thiophene rings is 1. The summed E-state index contributed by atoms with van der Waals surface area (Å²) < 4.78 is 40.3. The first-order valence-electron chi connectivity index (χ1n) is 14.5. The van der Waals surface area contributed by atoms with Crippen molar-refractivity contribution in [3.05, 3.63) is 34.7 Å². The Balaban J connectivity index is 1.32. The number of rotatable bonds is 6. The number of nitrogens with zero attached hydrogens (tertiary/aromatic N) is 3. The van der Waals surface area contributed by atoms with Crippen molar-refractivity contribution in [2.24, 2.45) is 11.3 Å². The fourth-order valence-corrected chi connectivity index (χ4v) is 7.98. The molecule has 0 bridgehead atoms. The number of alkyl halides is 2. The monoisotopic (exact) mass is 654 g/mol. The fraction of sp³-hybridized carbons (Fsp3) is 0.586. The summed E-state index contributed by atoms with van der Waals surface area (Å²) in [4.78, 5) is 76.5. The molecule has 4 amide bonds. The summed E-state index contributed by atoms with van der Waals surface area (Å²) in [6, 6.07) is 2.78. The Hall–Kier alpha value is -2.93. The molecule has 0 aliphatic carbocycles. The quantitative estimate of drug-likeness (QED) is 0.405. The van der Waals surface area contributed by atoms with Crippen molar-refractivity contribution in [3.63, 3.8) is 0 Å². The molecule has 3 aliphatic rings. The van der Waals surface area contributed by atoms with Crippen LogP contribution in [0.3, 0.4) is 0 Å². The second-order valence-corrected chi connectivity index (χ2v) is 15.7. The van der Waals surface area contributed by atoms with Gasteiger partial charge in [-0.15, -0.1) is 11.3 Å². The molecule has 1 aromatic carbocycles. The zero-order chi connectivity index (χ0) is 32.4. The Morgan fingerprint density at radius 1 is 1.05 bits per heavy atom. The minimum atomic E-state index is -5.77. The van der Waals surface area contributed by atoms with Crippen LogP contribution in [0.5, 0.6) is 0 Å². The molecule has 240 valence electrons. The lowest BCUT2D eigenvalue weighted by molar-refractivity contribution is -0.146. The van der Waals surface area contributed by atoms with Gasteiger partial charge in [0.05, 0.1) is 10.9 Å². The third-order valence-electron chi connectivity index (χ3n) is 8.93. The van der Waals surface area contributed by atoms with E-state index in [-0.39, 0.29) is 34.0 Å². The van der Waals surface area contributed by atoms with Gasteiger partial charge in [-0.05, 0) is 48.3 Å². The number of carbonyl (C=O) groups excluding carboxylic acids is 4. The normalized spacial score (nSPS) is 23.3. The minimum absolute atomic E-state index is 0.00798. The maximum Gasteiger partial charge on any atom is 0.399 e. The molecule has 44 heavy (non-hydrogen) atoms. The third-order valence-corrected chi connectivity index (χ3v) is 11.0. The Morgan fingerprint density at radius 3 is 2.39 bits per heavy atom. The van der Waals surface area contributed by atoms with Gasteiger partial charge in [0.25, 0.3) is 5.91 Å². The van der Waals surface area contributed by atoms with E-state index in [0.29, 0.717) is 43.7 Å². The highest BCUT2D eigenvalue weighted by atomic mass is 32.1. The van der Waals surface area contributed by atoms with E-state index in [1.807, 2.05) is 4.90 Å². The van der Waals surface area contributed by atoms with E-state index in [0.717, 1.165) is 29.9 Å². The van der Waals surface area contributed by atoms with Gasteiger partial charge in [0.2, 0.25) is 17.7 Å². The van der Waals surface area contributed by atoms with Crippen LogP contribution in [0, 0.1) is 11.3 Å². The number of amides is 4. The molecule has 4 atom stereocenters. The Morgan fingerprint density at radius 2 is 1.75 bits per heavy atom. The molecule has 15 heteroatoms. The van der Waals surface area contributed by atoms with E-state index in [9.17, 15) is 32.5 Å². The molecule has 11 nitrogen and oxygen atoms in total. The summed E-state index contributed by atoms with van der Waals surface area (Å²) in [5.41, 5.74) is -6.00. The van der Waals surface area contributed by atoms with Crippen molar-refractivity contribution in [3.8, 4) is 0 Å². The second-order valence-electron chi connectivity index (χ2n) is 13.0. The van der Waals surface area contributed by atoms with Gasteiger partial charge < -0.3 is 29.8 Å². The maximum absolute atomic E-state index is 14.3. The van der Waals surface area contributed by atoms with Gasteiger partial charge in [-0.25, -0.2) is 0 Å². The van der Waals surface area contributed by atoms with Gasteiger partial charge >= 0.3 is 13.3 Å². The van der Waals surface area contributed by atoms with E-state index in [4.69, 9.17) is 9.79 Å². The van der Waals surface area contributed by atoms with Crippen LogP contribution in [0.1, 0.15) is 62.2 Å². The summed E-state index contributed by atoms with van der Waals surface area (Å²) in [6.07, 6.45) is 1.96. The second kappa shape index (κ2) is 11.5. The highest BCUT2D eigenvalue weighted by Crippen LogP contribution is 2.59. The molecule has 1 unspecified atom stereocenters. The smallest absolute Gasteiger partial charge is 0.339 e. The molecule has 2 aromatic rings. The molecule has 3 fully saturated rings. The molecule has 1 aromatic heterocycles. The van der Waals surface area contributed by atoms with E-state index in [2.05, 4.69) is 5.32 Å². The largest absolute Gasteiger partial charge is 0.399 e. The van der Waals surface area contributed by atoms with E-state index < -0.39 is 48.1 Å². The lowest BCUT2D eigenvalue weighted by Gasteiger charge is -2.36. The van der Waals surface area contributed by atoms with Gasteiger partial charge in [-0.2, -0.15) is 8.78 Å². The van der Waals surface area contributed by atoms with Crippen LogP contribution in [0.4, 0.5) is 8.78 Å². The molecule has 3 aliphatic heterocycles. The SMILES string of the molecule is CC(=O)N1CC[C@@H]2CN(C(=O)[C@@H]3CCCN3C(=O)C(NC(=O)c3cc4cc(C(F)(F)P(=O)(O)O)ccc4s3)C(C)(C)C)C[C@@H]21. The highest BCUT2D eigenvalue weighted by Gasteiger charge is 2.51. The molecule has 3 N–H and O–H groups in total. The van der Waals surface area contributed by atoms with Crippen molar-refractivity contribution in [1.82, 2.24) is 20.0 Å². The van der Waals surface area contributed by atoms with Crippen LogP contribution in [0.25, 0.3) is 10.1 Å². The van der Waals surface area contributed by atoms with Crippen LogP contribution < -0.4 is 5.32 Å². The van der Waals surface area contributed by atoms with E-state index in [1.54, 1.807) is 25.7 Å². The molecule has 4 heterocycles. The molecule has 5 rings (SSSR count). The molecule has 0 saturated carbocycles. The van der Waals surface area contributed by atoms with Crippen LogP contribution >= 0.6 is 18.9 Å². The third kappa shape index (κ3) is 5.89. The predicted molar refractivity (Wildman–Crippen MR) is 159 cm³/mol. The first-order chi connectivity index (χ1) is 20.4. The van der Waals surface area contributed by atoms with Gasteiger partial charge in [-0.1, -0.05) is 26.8 Å². The Labute approximate surface area is 257 Å². The van der Waals surface area contributed by atoms with Gasteiger partial charge in [0.1, 0.15) is 12.1 Å². The number of likely N-dealkylation sites (tertiary alicyclic amines) is 3. The van der Waals surface area contributed by atoms with Gasteiger partial charge in [0.15, 0.2) is 0 Å². The Bertz CT molecular complexity index is 1550. The van der Waals surface area contributed by atoms with Crippen LogP contribution in [0.15, 0.2) is 24.3 Å². The van der Waals surface area contributed by atoms with Gasteiger partial charge in [0, 0.05) is 49.3 Å². The van der Waals surface area contributed by atoms with Crippen molar-refractivity contribution in [2.75, 3.05) is 26.2 Å². The van der Waals surface area contributed by atoms with Crippen molar-refractivity contribution >= 4 is 52.6 Å². The van der Waals surface area contributed by atoms with Crippen molar-refractivity contribution in [1.29, 1.82) is 0 Å². The molecule has 0 spiro atoms. The van der Waals surface area contributed by atoms with Gasteiger partial charge in [-0.3, -0.25) is 23.7 Å². The average Bonchev–Trinajstić information content (AvgIpc) is 3.71. The van der Waals surface area contributed by atoms with Crippen LogP contribution in [-0.2, 0) is 24.6 Å². The lowest BCUT2D eigenvalue weighted by Crippen LogP contribution is -2.58. The Kier molecular flexibility index (Phi) is 8.45. The summed E-state index contributed by atoms with van der Waals surface area (Å²) in [5, 5.41) is 3.00. The average molecular weight is 655 g/mol. The number of fused-ring (bicyclic) bond motifs is 2. The number of nitrogens with one attached hydrogen (secondary N) is 1. The number of benzene rings is 1. The highest BCUT2D eigenvalue weighted by molar-refractivity contribution is 7.52. The van der Waals surface area contributed by atoms with Crippen LogP contribution in [0.2, 0.25) is 0 Å². The molecular formula is C29H37F2N4O7PS. The fourth-order valence-electron chi connectivity index (χ4n) is 6.56. The number of hydrogen-bond donors (Lipinski definition) is 3. The first kappa shape index (κ1) is 32.5. The topological polar surface area (TPSA) is 148 Å². The molecule has 0 radical (unpaired) electrons. The number of carbonyl (C=O) groups is 4. The summed E-state index contributed by atoms with van der Waals surface area (Å²) in [5.74, 6) is -0.945.